The zero-order chi connectivity index (χ0) is 9.64. The van der Waals surface area contributed by atoms with Gasteiger partial charge in [0.25, 0.3) is 0 Å². The number of Topliss-reactive ketones (excluding diaryl/α,β-unsaturated/α-hetero) is 1. The lowest BCUT2D eigenvalue weighted by Gasteiger charge is -2.52. The second kappa shape index (κ2) is 2.79. The zero-order valence-electron chi connectivity index (χ0n) is 8.54. The molecule has 0 bridgehead atoms. The highest BCUT2D eigenvalue weighted by molar-refractivity contribution is 5.83. The molecule has 0 saturated carbocycles. The van der Waals surface area contributed by atoms with E-state index in [1.165, 1.54) is 0 Å². The van der Waals surface area contributed by atoms with Crippen molar-refractivity contribution in [1.29, 1.82) is 0 Å². The van der Waals surface area contributed by atoms with Gasteiger partial charge >= 0.3 is 0 Å². The van der Waals surface area contributed by atoms with Gasteiger partial charge < -0.3 is 9.64 Å². The molecule has 13 heavy (non-hydrogen) atoms. The van der Waals surface area contributed by atoms with Gasteiger partial charge in [-0.15, -0.1) is 0 Å². The van der Waals surface area contributed by atoms with Gasteiger partial charge in [-0.3, -0.25) is 4.79 Å². The van der Waals surface area contributed by atoms with Gasteiger partial charge in [0, 0.05) is 25.4 Å². The van der Waals surface area contributed by atoms with E-state index in [-0.39, 0.29) is 17.6 Å². The Balaban J connectivity index is 2.06. The summed E-state index contributed by atoms with van der Waals surface area (Å²) >= 11 is 0. The Hall–Kier alpha value is -0.410. The molecule has 2 atom stereocenters. The zero-order valence-corrected chi connectivity index (χ0v) is 8.54. The van der Waals surface area contributed by atoms with Crippen LogP contribution >= 0.6 is 0 Å². The number of ether oxygens (including phenoxy) is 1. The monoisotopic (exact) mass is 183 g/mol. The van der Waals surface area contributed by atoms with E-state index in [1.807, 2.05) is 13.8 Å². The maximum absolute atomic E-state index is 11.6. The molecule has 2 saturated heterocycles. The first-order valence-electron chi connectivity index (χ1n) is 4.91. The van der Waals surface area contributed by atoms with Gasteiger partial charge in [-0.05, 0) is 14.0 Å². The van der Waals surface area contributed by atoms with Crippen LogP contribution in [0.3, 0.4) is 0 Å². The predicted molar refractivity (Wildman–Crippen MR) is 49.6 cm³/mol. The van der Waals surface area contributed by atoms with Crippen molar-refractivity contribution in [3.05, 3.63) is 0 Å². The third-order valence-corrected chi connectivity index (χ3v) is 3.26. The molecule has 0 aromatic carbocycles. The number of rotatable bonds is 0. The predicted octanol–water partition coefficient (Wildman–Crippen LogP) is 0.685. The minimum Gasteiger partial charge on any atom is -0.368 e. The van der Waals surface area contributed by atoms with Gasteiger partial charge in [-0.2, -0.15) is 0 Å². The Morgan fingerprint density at radius 3 is 2.54 bits per heavy atom. The van der Waals surface area contributed by atoms with Crippen molar-refractivity contribution in [2.24, 2.45) is 5.92 Å². The molecule has 74 valence electrons. The number of ketones is 1. The van der Waals surface area contributed by atoms with E-state index in [2.05, 4.69) is 11.9 Å². The molecular weight excluding hydrogens is 166 g/mol. The fourth-order valence-electron chi connectivity index (χ4n) is 2.40. The van der Waals surface area contributed by atoms with Gasteiger partial charge in [-0.1, -0.05) is 6.92 Å². The number of carbonyl (C=O) groups is 1. The minimum atomic E-state index is -0.127. The first kappa shape index (κ1) is 9.16. The largest absolute Gasteiger partial charge is 0.368 e. The molecular formula is C10H17NO2. The summed E-state index contributed by atoms with van der Waals surface area (Å²) in [5.74, 6) is 0.448. The summed E-state index contributed by atoms with van der Waals surface area (Å²) in [6.07, 6.45) is 0.706. The molecule has 0 radical (unpaired) electrons. The van der Waals surface area contributed by atoms with Crippen molar-refractivity contribution in [3.8, 4) is 0 Å². The van der Waals surface area contributed by atoms with E-state index in [4.69, 9.17) is 4.74 Å². The van der Waals surface area contributed by atoms with E-state index in [1.54, 1.807) is 0 Å². The SMILES string of the molecule is CC1OC2(CC(=O)C1C)CN(C)C2. The van der Waals surface area contributed by atoms with Crippen LogP contribution in [-0.2, 0) is 9.53 Å². The maximum Gasteiger partial charge on any atom is 0.141 e. The third-order valence-electron chi connectivity index (χ3n) is 3.26. The topological polar surface area (TPSA) is 29.5 Å². The molecule has 3 nitrogen and oxygen atoms in total. The molecule has 0 aliphatic carbocycles. The summed E-state index contributed by atoms with van der Waals surface area (Å²) in [5, 5.41) is 0. The highest BCUT2D eigenvalue weighted by Gasteiger charge is 2.49. The van der Waals surface area contributed by atoms with Crippen LogP contribution in [0.5, 0.6) is 0 Å². The first-order chi connectivity index (χ1) is 6.02. The minimum absolute atomic E-state index is 0.0801. The second-order valence-corrected chi connectivity index (χ2v) is 4.61. The van der Waals surface area contributed by atoms with Gasteiger partial charge in [0.1, 0.15) is 11.4 Å². The summed E-state index contributed by atoms with van der Waals surface area (Å²) in [6, 6.07) is 0. The van der Waals surface area contributed by atoms with Crippen molar-refractivity contribution in [3.63, 3.8) is 0 Å². The van der Waals surface area contributed by atoms with Gasteiger partial charge in [0.05, 0.1) is 6.10 Å². The Morgan fingerprint density at radius 2 is 2.08 bits per heavy atom. The lowest BCUT2D eigenvalue weighted by Crippen LogP contribution is -2.66. The normalized spacial score (nSPS) is 39.2. The average Bonchev–Trinajstić information content (AvgIpc) is 1.97. The molecule has 0 aromatic heterocycles. The standard InChI is InChI=1S/C10H17NO2/c1-7-8(2)13-10(4-9(7)12)5-11(3)6-10/h7-8H,4-6H2,1-3H3. The van der Waals surface area contributed by atoms with Gasteiger partial charge in [-0.25, -0.2) is 0 Å². The summed E-state index contributed by atoms with van der Waals surface area (Å²) in [4.78, 5) is 13.8. The fourth-order valence-corrected chi connectivity index (χ4v) is 2.40. The summed E-state index contributed by atoms with van der Waals surface area (Å²) < 4.78 is 5.90. The molecule has 1 spiro atoms. The van der Waals surface area contributed by atoms with Gasteiger partial charge in [0.15, 0.2) is 0 Å². The Morgan fingerprint density at radius 1 is 1.46 bits per heavy atom. The fraction of sp³-hybridized carbons (Fsp3) is 0.900. The molecule has 0 amide bonds. The number of nitrogens with zero attached hydrogens (tertiary/aromatic N) is 1. The van der Waals surface area contributed by atoms with Gasteiger partial charge in [0.2, 0.25) is 0 Å². The Kier molecular flexibility index (Phi) is 1.96. The number of carbonyl (C=O) groups excluding carboxylic acids is 1. The van der Waals surface area contributed by atoms with Crippen LogP contribution in [0.1, 0.15) is 20.3 Å². The smallest absolute Gasteiger partial charge is 0.141 e. The third kappa shape index (κ3) is 1.40. The average molecular weight is 183 g/mol. The molecule has 2 fully saturated rings. The second-order valence-electron chi connectivity index (χ2n) is 4.61. The van der Waals surface area contributed by atoms with Crippen LogP contribution in [0.4, 0.5) is 0 Å². The van der Waals surface area contributed by atoms with E-state index in [0.29, 0.717) is 12.2 Å². The van der Waals surface area contributed by atoms with Crippen molar-refractivity contribution in [1.82, 2.24) is 4.90 Å². The van der Waals surface area contributed by atoms with E-state index >= 15 is 0 Å². The lowest BCUT2D eigenvalue weighted by molar-refractivity contribution is -0.201. The lowest BCUT2D eigenvalue weighted by atomic mass is 9.80. The molecule has 0 aromatic rings. The van der Waals surface area contributed by atoms with Crippen LogP contribution in [0.15, 0.2) is 0 Å². The van der Waals surface area contributed by atoms with Crippen LogP contribution < -0.4 is 0 Å². The van der Waals surface area contributed by atoms with Crippen LogP contribution in [0.25, 0.3) is 0 Å². The molecule has 2 unspecified atom stereocenters. The molecule has 0 N–H and O–H groups in total. The highest BCUT2D eigenvalue weighted by Crippen LogP contribution is 2.36. The summed E-state index contributed by atoms with van der Waals surface area (Å²) in [7, 11) is 2.06. The van der Waals surface area contributed by atoms with Crippen molar-refractivity contribution < 1.29 is 9.53 Å². The number of hydrogen-bond acceptors (Lipinski definition) is 3. The highest BCUT2D eigenvalue weighted by atomic mass is 16.5. The number of likely N-dealkylation sites (N-methyl/N-ethyl adjacent to an activating group) is 1. The van der Waals surface area contributed by atoms with Crippen LogP contribution in [0.2, 0.25) is 0 Å². The van der Waals surface area contributed by atoms with Crippen molar-refractivity contribution in [2.45, 2.75) is 32.0 Å². The Labute approximate surface area is 79.0 Å². The number of likely N-dealkylation sites (tertiary alicyclic amines) is 1. The molecule has 3 heteroatoms. The van der Waals surface area contributed by atoms with Crippen molar-refractivity contribution >= 4 is 5.78 Å². The van der Waals surface area contributed by atoms with Crippen LogP contribution in [-0.4, -0.2) is 42.5 Å². The van der Waals surface area contributed by atoms with E-state index in [9.17, 15) is 4.79 Å². The summed E-state index contributed by atoms with van der Waals surface area (Å²) in [5.41, 5.74) is -0.127. The maximum atomic E-state index is 11.6. The van der Waals surface area contributed by atoms with E-state index in [0.717, 1.165) is 13.1 Å². The summed E-state index contributed by atoms with van der Waals surface area (Å²) in [6.45, 7) is 5.79. The molecule has 2 aliphatic rings. The van der Waals surface area contributed by atoms with Crippen molar-refractivity contribution in [2.75, 3.05) is 20.1 Å². The quantitative estimate of drug-likeness (QED) is 0.553. The van der Waals surface area contributed by atoms with Crippen LogP contribution in [0, 0.1) is 5.92 Å². The van der Waals surface area contributed by atoms with E-state index < -0.39 is 0 Å². The number of hydrogen-bond donors (Lipinski definition) is 0. The molecule has 2 heterocycles. The molecule has 2 aliphatic heterocycles. The Bertz CT molecular complexity index is 233. The first-order valence-corrected chi connectivity index (χ1v) is 4.91. The molecule has 2 rings (SSSR count).